The van der Waals surface area contributed by atoms with Gasteiger partial charge in [-0.05, 0) is 14.1 Å². The Labute approximate surface area is 78.8 Å². The molecule has 0 aliphatic rings. The zero-order valence-electron chi connectivity index (χ0n) is 8.21. The van der Waals surface area contributed by atoms with Gasteiger partial charge in [0.15, 0.2) is 0 Å². The predicted octanol–water partition coefficient (Wildman–Crippen LogP) is -1.53. The van der Waals surface area contributed by atoms with E-state index in [2.05, 4.69) is 5.32 Å². The Balaban J connectivity index is 3.64. The van der Waals surface area contributed by atoms with Gasteiger partial charge in [0, 0.05) is 31.4 Å². The average Bonchev–Trinajstić information content (AvgIpc) is 2.03. The number of carbonyl (C=O) groups excluding carboxylic acids is 1. The second-order valence-electron chi connectivity index (χ2n) is 3.02. The largest absolute Gasteiger partial charge is 0.401 e. The van der Waals surface area contributed by atoms with Crippen molar-refractivity contribution in [1.29, 1.82) is 0 Å². The van der Waals surface area contributed by atoms with Crippen LogP contribution in [0.1, 0.15) is 0 Å². The molecular formula is C8H18N4O. The van der Waals surface area contributed by atoms with Crippen molar-refractivity contribution in [2.24, 2.45) is 11.5 Å². The maximum absolute atomic E-state index is 11.1. The fraction of sp³-hybridized carbons (Fsp3) is 0.625. The Morgan fingerprint density at radius 3 is 2.62 bits per heavy atom. The van der Waals surface area contributed by atoms with E-state index in [0.29, 0.717) is 12.2 Å². The van der Waals surface area contributed by atoms with Crippen LogP contribution in [0.2, 0.25) is 0 Å². The summed E-state index contributed by atoms with van der Waals surface area (Å²) in [6.07, 6.45) is 1.32. The molecule has 0 aliphatic heterocycles. The lowest BCUT2D eigenvalue weighted by atomic mass is 10.4. The summed E-state index contributed by atoms with van der Waals surface area (Å²) in [7, 11) is 3.88. The van der Waals surface area contributed by atoms with Gasteiger partial charge in [-0.15, -0.1) is 0 Å². The maximum atomic E-state index is 11.1. The van der Waals surface area contributed by atoms with E-state index in [9.17, 15) is 4.79 Å². The number of hydrogen-bond acceptors (Lipinski definition) is 4. The van der Waals surface area contributed by atoms with Gasteiger partial charge in [-0.3, -0.25) is 4.79 Å². The Morgan fingerprint density at radius 1 is 1.54 bits per heavy atom. The van der Waals surface area contributed by atoms with Gasteiger partial charge in [-0.25, -0.2) is 0 Å². The van der Waals surface area contributed by atoms with Crippen molar-refractivity contribution >= 4 is 5.91 Å². The van der Waals surface area contributed by atoms with Crippen LogP contribution in [0, 0.1) is 0 Å². The van der Waals surface area contributed by atoms with Gasteiger partial charge in [0.1, 0.15) is 0 Å². The molecule has 0 aromatic rings. The molecule has 5 heteroatoms. The highest BCUT2D eigenvalue weighted by Crippen LogP contribution is 1.79. The first kappa shape index (κ1) is 11.9. The quantitative estimate of drug-likeness (QED) is 0.455. The standard InChI is InChI=1S/C8H18N4O/c1-12(2)4-3-11-8(13)5-7(10)6-9/h5H,3-4,6,9-10H2,1-2H3,(H,11,13). The molecule has 0 radical (unpaired) electrons. The van der Waals surface area contributed by atoms with Crippen LogP contribution in [0.3, 0.4) is 0 Å². The fourth-order valence-corrected chi connectivity index (χ4v) is 0.681. The molecule has 0 aromatic carbocycles. The summed E-state index contributed by atoms with van der Waals surface area (Å²) in [6.45, 7) is 1.63. The number of nitrogens with one attached hydrogen (secondary N) is 1. The molecular weight excluding hydrogens is 168 g/mol. The van der Waals surface area contributed by atoms with Gasteiger partial charge in [0.05, 0.1) is 0 Å². The van der Waals surface area contributed by atoms with E-state index in [1.807, 2.05) is 19.0 Å². The summed E-state index contributed by atoms with van der Waals surface area (Å²) in [6, 6.07) is 0. The third kappa shape index (κ3) is 7.30. The van der Waals surface area contributed by atoms with E-state index in [1.54, 1.807) is 0 Å². The monoisotopic (exact) mass is 186 g/mol. The van der Waals surface area contributed by atoms with Crippen molar-refractivity contribution in [2.75, 3.05) is 33.7 Å². The highest BCUT2D eigenvalue weighted by atomic mass is 16.1. The summed E-state index contributed by atoms with van der Waals surface area (Å²) in [4.78, 5) is 13.0. The first-order valence-corrected chi connectivity index (χ1v) is 4.15. The van der Waals surface area contributed by atoms with Crippen molar-refractivity contribution < 1.29 is 4.79 Å². The molecule has 0 atom stereocenters. The number of carbonyl (C=O) groups is 1. The average molecular weight is 186 g/mol. The topological polar surface area (TPSA) is 84.4 Å². The molecule has 0 bridgehead atoms. The van der Waals surface area contributed by atoms with Crippen LogP contribution in [0.4, 0.5) is 0 Å². The van der Waals surface area contributed by atoms with E-state index in [-0.39, 0.29) is 12.5 Å². The van der Waals surface area contributed by atoms with Crippen molar-refractivity contribution in [3.63, 3.8) is 0 Å². The second kappa shape index (κ2) is 6.45. The Hall–Kier alpha value is -1.07. The van der Waals surface area contributed by atoms with Crippen LogP contribution in [0.25, 0.3) is 0 Å². The minimum absolute atomic E-state index is 0.190. The van der Waals surface area contributed by atoms with Crippen molar-refractivity contribution in [2.45, 2.75) is 0 Å². The highest BCUT2D eigenvalue weighted by Gasteiger charge is 1.96. The third-order valence-electron chi connectivity index (χ3n) is 1.41. The van der Waals surface area contributed by atoms with Gasteiger partial charge in [-0.1, -0.05) is 0 Å². The molecule has 0 saturated carbocycles. The Bertz CT molecular complexity index is 189. The van der Waals surface area contributed by atoms with Crippen LogP contribution in [-0.4, -0.2) is 44.5 Å². The minimum Gasteiger partial charge on any atom is -0.401 e. The Kier molecular flexibility index (Phi) is 5.92. The van der Waals surface area contributed by atoms with Gasteiger partial charge in [-0.2, -0.15) is 0 Å². The van der Waals surface area contributed by atoms with Crippen LogP contribution in [-0.2, 0) is 4.79 Å². The molecule has 76 valence electrons. The maximum Gasteiger partial charge on any atom is 0.245 e. The zero-order valence-corrected chi connectivity index (χ0v) is 8.21. The van der Waals surface area contributed by atoms with E-state index in [4.69, 9.17) is 11.5 Å². The van der Waals surface area contributed by atoms with Crippen LogP contribution in [0.15, 0.2) is 11.8 Å². The van der Waals surface area contributed by atoms with Gasteiger partial charge < -0.3 is 21.7 Å². The number of nitrogens with zero attached hydrogens (tertiary/aromatic N) is 1. The van der Waals surface area contributed by atoms with Crippen molar-refractivity contribution in [3.05, 3.63) is 11.8 Å². The SMILES string of the molecule is CN(C)CCNC(=O)C=C(N)CN. The molecule has 0 unspecified atom stereocenters. The summed E-state index contributed by atoms with van der Waals surface area (Å²) in [5.74, 6) is -0.190. The van der Waals surface area contributed by atoms with E-state index in [0.717, 1.165) is 6.54 Å². The number of hydrogen-bond donors (Lipinski definition) is 3. The number of nitrogens with two attached hydrogens (primary N) is 2. The first-order chi connectivity index (χ1) is 6.06. The molecule has 0 spiro atoms. The molecule has 0 saturated heterocycles. The summed E-state index contributed by atoms with van der Waals surface area (Å²) < 4.78 is 0. The van der Waals surface area contributed by atoms with E-state index in [1.165, 1.54) is 6.08 Å². The molecule has 0 rings (SSSR count). The smallest absolute Gasteiger partial charge is 0.245 e. The highest BCUT2D eigenvalue weighted by molar-refractivity contribution is 5.88. The molecule has 13 heavy (non-hydrogen) atoms. The Morgan fingerprint density at radius 2 is 2.15 bits per heavy atom. The van der Waals surface area contributed by atoms with Crippen molar-refractivity contribution in [1.82, 2.24) is 10.2 Å². The zero-order chi connectivity index (χ0) is 10.3. The minimum atomic E-state index is -0.190. The summed E-state index contributed by atoms with van der Waals surface area (Å²) >= 11 is 0. The fourth-order valence-electron chi connectivity index (χ4n) is 0.681. The molecule has 0 fully saturated rings. The summed E-state index contributed by atoms with van der Waals surface area (Å²) in [5, 5.41) is 2.69. The van der Waals surface area contributed by atoms with Gasteiger partial charge in [0.25, 0.3) is 0 Å². The van der Waals surface area contributed by atoms with E-state index < -0.39 is 0 Å². The lowest BCUT2D eigenvalue weighted by molar-refractivity contribution is -0.116. The van der Waals surface area contributed by atoms with E-state index >= 15 is 0 Å². The number of likely N-dealkylation sites (N-methyl/N-ethyl adjacent to an activating group) is 1. The second-order valence-corrected chi connectivity index (χ2v) is 3.02. The summed E-state index contributed by atoms with van der Waals surface area (Å²) in [5.41, 5.74) is 11.0. The lowest BCUT2D eigenvalue weighted by Gasteiger charge is -2.09. The number of rotatable bonds is 5. The van der Waals surface area contributed by atoms with Crippen LogP contribution < -0.4 is 16.8 Å². The lowest BCUT2D eigenvalue weighted by Crippen LogP contribution is -2.31. The van der Waals surface area contributed by atoms with Crippen LogP contribution in [0.5, 0.6) is 0 Å². The number of amides is 1. The van der Waals surface area contributed by atoms with Gasteiger partial charge >= 0.3 is 0 Å². The van der Waals surface area contributed by atoms with Crippen LogP contribution >= 0.6 is 0 Å². The molecule has 0 heterocycles. The van der Waals surface area contributed by atoms with Crippen molar-refractivity contribution in [3.8, 4) is 0 Å². The third-order valence-corrected chi connectivity index (χ3v) is 1.41. The first-order valence-electron chi connectivity index (χ1n) is 4.15. The normalized spacial score (nSPS) is 11.8. The predicted molar refractivity (Wildman–Crippen MR) is 52.9 cm³/mol. The molecule has 1 amide bonds. The molecule has 5 nitrogen and oxygen atoms in total. The molecule has 0 aromatic heterocycles. The molecule has 5 N–H and O–H groups in total. The van der Waals surface area contributed by atoms with Gasteiger partial charge in [0.2, 0.25) is 5.91 Å². The molecule has 0 aliphatic carbocycles.